The number of nitrogens with zero attached hydrogens (tertiary/aromatic N) is 6. The van der Waals surface area contributed by atoms with Gasteiger partial charge in [-0.1, -0.05) is 18.2 Å². The minimum absolute atomic E-state index is 0.0269. The van der Waals surface area contributed by atoms with Gasteiger partial charge in [-0.3, -0.25) is 19.3 Å². The van der Waals surface area contributed by atoms with Gasteiger partial charge in [0.1, 0.15) is 46.9 Å². The van der Waals surface area contributed by atoms with Crippen molar-refractivity contribution in [2.45, 2.75) is 114 Å². The Morgan fingerprint density at radius 3 is 2.28 bits per heavy atom. The van der Waals surface area contributed by atoms with Crippen LogP contribution in [0.15, 0.2) is 61.2 Å². The number of anilines is 1. The van der Waals surface area contributed by atoms with E-state index in [1.165, 1.54) is 0 Å². The number of halogens is 1. The highest BCUT2D eigenvalue weighted by molar-refractivity contribution is 6.31. The number of aromatic nitrogens is 3. The van der Waals surface area contributed by atoms with Gasteiger partial charge in [0.25, 0.3) is 11.8 Å². The summed E-state index contributed by atoms with van der Waals surface area (Å²) in [5.74, 6) is 1.78. The zero-order valence-electron chi connectivity index (χ0n) is 33.2. The Labute approximate surface area is 344 Å². The standard InChI is InChI=1S/C43H52ClN9O5/c1-26(2)53(31-18-35(19-31)58-34-11-13-37(46-22-34)41(54)51-38-12-4-27(3)49-42(38)55)25-28-14-16-52(17-15-28)40-24-47-39(23-48-40)43(56)50-30-6-9-32(10-7-30)57-33-8-5-29(21-45)36(44)20-33/h5,8,11,13,20,22-24,26,28,30-32,35,38H,3-4,6-7,9-10,12,14-19,25H2,1-2H3,(H,49,55)(H,50,56)(H,51,54). The van der Waals surface area contributed by atoms with E-state index in [0.29, 0.717) is 64.3 Å². The molecular formula is C43H52ClN9O5. The van der Waals surface area contributed by atoms with Crippen LogP contribution in [0.1, 0.15) is 105 Å². The molecule has 3 N–H and O–H groups in total. The first-order valence-electron chi connectivity index (χ1n) is 20.4. The van der Waals surface area contributed by atoms with E-state index in [1.807, 2.05) is 0 Å². The van der Waals surface area contributed by atoms with E-state index < -0.39 is 6.04 Å². The number of hydrogen-bond donors (Lipinski definition) is 3. The second kappa shape index (κ2) is 18.6. The largest absolute Gasteiger partial charge is 0.490 e. The number of rotatable bonds is 13. The number of piperidine rings is 2. The van der Waals surface area contributed by atoms with Gasteiger partial charge in [-0.2, -0.15) is 5.26 Å². The van der Waals surface area contributed by atoms with Crippen LogP contribution in [0.5, 0.6) is 11.5 Å². The highest BCUT2D eigenvalue weighted by atomic mass is 35.5. The van der Waals surface area contributed by atoms with Gasteiger partial charge >= 0.3 is 0 Å². The van der Waals surface area contributed by atoms with E-state index in [1.54, 1.807) is 48.9 Å². The van der Waals surface area contributed by atoms with Crippen molar-refractivity contribution in [2.24, 2.45) is 5.92 Å². The van der Waals surface area contributed by atoms with Crippen molar-refractivity contribution in [1.82, 2.24) is 35.8 Å². The zero-order chi connectivity index (χ0) is 40.8. The van der Waals surface area contributed by atoms with E-state index in [9.17, 15) is 14.4 Å². The predicted molar refractivity (Wildman–Crippen MR) is 219 cm³/mol. The van der Waals surface area contributed by atoms with Crippen molar-refractivity contribution < 1.29 is 23.9 Å². The SMILES string of the molecule is C=C1CCC(NC(=O)c2ccc(OC3CC(N(CC4CCN(c5cnc(C(=O)NC6CCC(Oc7ccc(C#N)c(Cl)c7)CC6)cn5)CC4)C(C)C)C3)cn2)C(=O)N1. The Morgan fingerprint density at radius 2 is 1.64 bits per heavy atom. The molecule has 2 saturated carbocycles. The molecule has 4 heterocycles. The molecule has 15 heteroatoms. The fourth-order valence-electron chi connectivity index (χ4n) is 8.29. The minimum Gasteiger partial charge on any atom is -0.490 e. The lowest BCUT2D eigenvalue weighted by Gasteiger charge is -2.46. The second-order valence-electron chi connectivity index (χ2n) is 16.2. The normalized spacial score (nSPS) is 23.7. The van der Waals surface area contributed by atoms with Gasteiger partial charge in [0.2, 0.25) is 5.91 Å². The third-order valence-corrected chi connectivity index (χ3v) is 12.1. The van der Waals surface area contributed by atoms with E-state index in [4.69, 9.17) is 26.3 Å². The number of benzene rings is 1. The van der Waals surface area contributed by atoms with Crippen LogP contribution in [0.2, 0.25) is 5.02 Å². The summed E-state index contributed by atoms with van der Waals surface area (Å²) >= 11 is 6.15. The summed E-state index contributed by atoms with van der Waals surface area (Å²) < 4.78 is 12.3. The summed E-state index contributed by atoms with van der Waals surface area (Å²) in [4.78, 5) is 56.1. The molecule has 2 aromatic heterocycles. The van der Waals surface area contributed by atoms with Gasteiger partial charge in [-0.15, -0.1) is 0 Å². The quantitative estimate of drug-likeness (QED) is 0.197. The minimum atomic E-state index is -0.595. The monoisotopic (exact) mass is 809 g/mol. The van der Waals surface area contributed by atoms with Crippen molar-refractivity contribution in [3.63, 3.8) is 0 Å². The highest BCUT2D eigenvalue weighted by Crippen LogP contribution is 2.33. The van der Waals surface area contributed by atoms with Gasteiger partial charge in [0, 0.05) is 62.4 Å². The summed E-state index contributed by atoms with van der Waals surface area (Å²) in [6.07, 6.45) is 13.3. The predicted octanol–water partition coefficient (Wildman–Crippen LogP) is 5.58. The Morgan fingerprint density at radius 1 is 0.931 bits per heavy atom. The van der Waals surface area contributed by atoms with Gasteiger partial charge in [-0.25, -0.2) is 15.0 Å². The number of nitrogens with one attached hydrogen (secondary N) is 3. The van der Waals surface area contributed by atoms with Gasteiger partial charge in [0.15, 0.2) is 0 Å². The molecule has 7 rings (SSSR count). The molecule has 4 fully saturated rings. The van der Waals surface area contributed by atoms with E-state index in [-0.39, 0.29) is 41.7 Å². The van der Waals surface area contributed by atoms with Crippen molar-refractivity contribution >= 4 is 35.1 Å². The van der Waals surface area contributed by atoms with Gasteiger partial charge in [-0.05, 0) is 95.4 Å². The first-order valence-corrected chi connectivity index (χ1v) is 20.8. The van der Waals surface area contributed by atoms with Crippen LogP contribution in [0.25, 0.3) is 0 Å². The van der Waals surface area contributed by atoms with Crippen LogP contribution in [0.3, 0.4) is 0 Å². The molecule has 0 spiro atoms. The summed E-state index contributed by atoms with van der Waals surface area (Å²) in [7, 11) is 0. The maximum atomic E-state index is 13.0. The summed E-state index contributed by atoms with van der Waals surface area (Å²) in [5, 5.41) is 18.0. The molecular weight excluding hydrogens is 758 g/mol. The topological polar surface area (TPSA) is 175 Å². The number of nitriles is 1. The summed E-state index contributed by atoms with van der Waals surface area (Å²) in [5.41, 5.74) is 1.64. The molecule has 0 radical (unpaired) electrons. The average molecular weight is 810 g/mol. The number of hydrogen-bond acceptors (Lipinski definition) is 11. The Balaban J connectivity index is 0.801. The smallest absolute Gasteiger partial charge is 0.271 e. The molecule has 4 aliphatic rings. The molecule has 306 valence electrons. The van der Waals surface area contributed by atoms with Gasteiger partial charge in [0.05, 0.1) is 35.3 Å². The summed E-state index contributed by atoms with van der Waals surface area (Å²) in [6, 6.07) is 10.9. The Hall–Kier alpha value is -5.26. The van der Waals surface area contributed by atoms with E-state index >= 15 is 0 Å². The molecule has 1 unspecified atom stereocenters. The molecule has 2 saturated heterocycles. The molecule has 2 aliphatic heterocycles. The highest BCUT2D eigenvalue weighted by Gasteiger charge is 2.38. The molecule has 0 bridgehead atoms. The summed E-state index contributed by atoms with van der Waals surface area (Å²) in [6.45, 7) is 11.1. The first kappa shape index (κ1) is 40.9. The maximum absolute atomic E-state index is 13.0. The number of pyridine rings is 1. The molecule has 1 aromatic carbocycles. The molecule has 1 atom stereocenters. The number of amides is 3. The van der Waals surface area contributed by atoms with Crippen LogP contribution in [-0.2, 0) is 4.79 Å². The molecule has 3 aromatic rings. The lowest BCUT2D eigenvalue weighted by molar-refractivity contribution is -0.123. The maximum Gasteiger partial charge on any atom is 0.271 e. The molecule has 2 aliphatic carbocycles. The molecule has 58 heavy (non-hydrogen) atoms. The van der Waals surface area contributed by atoms with Crippen LogP contribution >= 0.6 is 11.6 Å². The fourth-order valence-corrected chi connectivity index (χ4v) is 8.50. The van der Waals surface area contributed by atoms with Crippen molar-refractivity contribution in [2.75, 3.05) is 24.5 Å². The van der Waals surface area contributed by atoms with Crippen molar-refractivity contribution in [3.8, 4) is 17.6 Å². The van der Waals surface area contributed by atoms with Crippen molar-refractivity contribution in [1.29, 1.82) is 5.26 Å². The van der Waals surface area contributed by atoms with E-state index in [0.717, 1.165) is 76.8 Å². The number of carbonyl (C=O) groups is 3. The second-order valence-corrected chi connectivity index (χ2v) is 16.6. The fraction of sp³-hybridized carbons (Fsp3) is 0.512. The zero-order valence-corrected chi connectivity index (χ0v) is 33.9. The average Bonchev–Trinajstić information content (AvgIpc) is 3.20. The van der Waals surface area contributed by atoms with E-state index in [2.05, 4.69) is 67.2 Å². The van der Waals surface area contributed by atoms with Gasteiger partial charge < -0.3 is 30.3 Å². The lowest BCUT2D eigenvalue weighted by Crippen LogP contribution is -2.53. The third kappa shape index (κ3) is 10.2. The molecule has 14 nitrogen and oxygen atoms in total. The van der Waals surface area contributed by atoms with Crippen LogP contribution in [-0.4, -0.2) is 93.6 Å². The molecule has 3 amide bonds. The van der Waals surface area contributed by atoms with Crippen LogP contribution in [0.4, 0.5) is 5.82 Å². The van der Waals surface area contributed by atoms with Crippen LogP contribution in [0, 0.1) is 17.2 Å². The Kier molecular flexibility index (Phi) is 13.1. The number of allylic oxidation sites excluding steroid dienone is 1. The van der Waals surface area contributed by atoms with Crippen LogP contribution < -0.4 is 30.3 Å². The number of ether oxygens (including phenoxy) is 2. The Bertz CT molecular complexity index is 1980. The third-order valence-electron chi connectivity index (χ3n) is 11.8. The number of carbonyl (C=O) groups excluding carboxylic acids is 3. The lowest BCUT2D eigenvalue weighted by atomic mass is 9.85. The van der Waals surface area contributed by atoms with Crippen molar-refractivity contribution in [3.05, 3.63) is 83.2 Å². The first-order chi connectivity index (χ1) is 28.0.